The Morgan fingerprint density at radius 1 is 1.29 bits per heavy atom. The molecule has 0 aromatic heterocycles. The highest BCUT2D eigenvalue weighted by Gasteiger charge is 2.44. The molecule has 14 heavy (non-hydrogen) atoms. The van der Waals surface area contributed by atoms with Crippen LogP contribution in [0.25, 0.3) is 0 Å². The predicted octanol–water partition coefficient (Wildman–Crippen LogP) is 2.21. The number of aliphatic hydroxyl groups is 1. The summed E-state index contributed by atoms with van der Waals surface area (Å²) in [5.74, 6) is 2.11. The Morgan fingerprint density at radius 2 is 2.07 bits per heavy atom. The summed E-state index contributed by atoms with van der Waals surface area (Å²) in [6.45, 7) is 2.26. The summed E-state index contributed by atoms with van der Waals surface area (Å²) in [5, 5.41) is 10.1. The van der Waals surface area contributed by atoms with Gasteiger partial charge in [0, 0.05) is 7.11 Å². The van der Waals surface area contributed by atoms with Crippen LogP contribution in [-0.2, 0) is 4.74 Å². The third-order valence-electron chi connectivity index (χ3n) is 4.39. The molecule has 0 heterocycles. The summed E-state index contributed by atoms with van der Waals surface area (Å²) in [7, 11) is 1.72. The van der Waals surface area contributed by atoms with Gasteiger partial charge >= 0.3 is 0 Å². The quantitative estimate of drug-likeness (QED) is 0.737. The van der Waals surface area contributed by atoms with E-state index in [1.165, 1.54) is 25.7 Å². The van der Waals surface area contributed by atoms with Gasteiger partial charge in [-0.05, 0) is 37.0 Å². The number of rotatable bonds is 2. The first-order chi connectivity index (χ1) is 6.76. The SMILES string of the molecule is CCC1CCC2CC(OC)C(O)C2C1. The van der Waals surface area contributed by atoms with Crippen molar-refractivity contribution in [1.29, 1.82) is 0 Å². The molecule has 2 heteroatoms. The van der Waals surface area contributed by atoms with Crippen LogP contribution in [0.4, 0.5) is 0 Å². The van der Waals surface area contributed by atoms with Crippen molar-refractivity contribution < 1.29 is 9.84 Å². The van der Waals surface area contributed by atoms with Gasteiger partial charge in [-0.2, -0.15) is 0 Å². The average molecular weight is 198 g/mol. The second-order valence-corrected chi connectivity index (χ2v) is 5.01. The van der Waals surface area contributed by atoms with E-state index < -0.39 is 0 Å². The molecule has 2 fully saturated rings. The van der Waals surface area contributed by atoms with Crippen molar-refractivity contribution in [3.63, 3.8) is 0 Å². The molecular formula is C12H22O2. The molecule has 0 bridgehead atoms. The number of aliphatic hydroxyl groups excluding tert-OH is 1. The lowest BCUT2D eigenvalue weighted by Gasteiger charge is -2.32. The molecule has 0 amide bonds. The van der Waals surface area contributed by atoms with Crippen LogP contribution >= 0.6 is 0 Å². The molecule has 0 aromatic rings. The lowest BCUT2D eigenvalue weighted by molar-refractivity contribution is -0.0154. The fourth-order valence-electron chi connectivity index (χ4n) is 3.39. The minimum Gasteiger partial charge on any atom is -0.390 e. The lowest BCUT2D eigenvalue weighted by atomic mass is 9.74. The molecule has 2 aliphatic rings. The van der Waals surface area contributed by atoms with Gasteiger partial charge in [-0.25, -0.2) is 0 Å². The molecule has 2 rings (SSSR count). The highest BCUT2D eigenvalue weighted by Crippen LogP contribution is 2.45. The van der Waals surface area contributed by atoms with Crippen LogP contribution in [0.15, 0.2) is 0 Å². The van der Waals surface area contributed by atoms with Gasteiger partial charge in [-0.1, -0.05) is 19.8 Å². The zero-order valence-corrected chi connectivity index (χ0v) is 9.28. The maximum absolute atomic E-state index is 10.1. The van der Waals surface area contributed by atoms with Gasteiger partial charge in [0.05, 0.1) is 12.2 Å². The summed E-state index contributed by atoms with van der Waals surface area (Å²) in [6, 6.07) is 0. The maximum Gasteiger partial charge on any atom is 0.0835 e. The summed E-state index contributed by atoms with van der Waals surface area (Å²) in [6.07, 6.45) is 6.16. The second kappa shape index (κ2) is 4.19. The van der Waals surface area contributed by atoms with Crippen molar-refractivity contribution in [2.45, 2.75) is 51.2 Å². The van der Waals surface area contributed by atoms with E-state index in [-0.39, 0.29) is 12.2 Å². The van der Waals surface area contributed by atoms with Crippen molar-refractivity contribution in [2.75, 3.05) is 7.11 Å². The van der Waals surface area contributed by atoms with Gasteiger partial charge in [0.2, 0.25) is 0 Å². The standard InChI is InChI=1S/C12H22O2/c1-3-8-4-5-9-7-11(14-2)12(13)10(9)6-8/h8-13H,3-7H2,1-2H3. The van der Waals surface area contributed by atoms with Crippen LogP contribution < -0.4 is 0 Å². The molecule has 0 spiro atoms. The van der Waals surface area contributed by atoms with E-state index >= 15 is 0 Å². The van der Waals surface area contributed by atoms with E-state index in [2.05, 4.69) is 6.92 Å². The van der Waals surface area contributed by atoms with Crippen LogP contribution in [-0.4, -0.2) is 24.4 Å². The lowest BCUT2D eigenvalue weighted by Crippen LogP contribution is -2.31. The highest BCUT2D eigenvalue weighted by atomic mass is 16.5. The smallest absolute Gasteiger partial charge is 0.0835 e. The average Bonchev–Trinajstić information content (AvgIpc) is 2.55. The topological polar surface area (TPSA) is 29.5 Å². The highest BCUT2D eigenvalue weighted by molar-refractivity contribution is 4.95. The van der Waals surface area contributed by atoms with E-state index in [9.17, 15) is 5.11 Å². The van der Waals surface area contributed by atoms with Gasteiger partial charge in [-0.15, -0.1) is 0 Å². The normalized spacial score (nSPS) is 47.8. The van der Waals surface area contributed by atoms with E-state index in [1.54, 1.807) is 7.11 Å². The van der Waals surface area contributed by atoms with Crippen LogP contribution in [0.3, 0.4) is 0 Å². The molecule has 0 radical (unpaired) electrons. The van der Waals surface area contributed by atoms with Crippen molar-refractivity contribution in [1.82, 2.24) is 0 Å². The van der Waals surface area contributed by atoms with E-state index in [4.69, 9.17) is 4.74 Å². The number of hydrogen-bond acceptors (Lipinski definition) is 2. The van der Waals surface area contributed by atoms with Crippen molar-refractivity contribution >= 4 is 0 Å². The van der Waals surface area contributed by atoms with Crippen LogP contribution in [0.2, 0.25) is 0 Å². The van der Waals surface area contributed by atoms with Gasteiger partial charge < -0.3 is 9.84 Å². The molecule has 2 aliphatic carbocycles. The molecular weight excluding hydrogens is 176 g/mol. The molecule has 5 unspecified atom stereocenters. The molecule has 0 aromatic carbocycles. The zero-order chi connectivity index (χ0) is 10.1. The largest absolute Gasteiger partial charge is 0.390 e. The van der Waals surface area contributed by atoms with Gasteiger partial charge in [0.25, 0.3) is 0 Å². The Balaban J connectivity index is 2.00. The fourth-order valence-corrected chi connectivity index (χ4v) is 3.39. The Hall–Kier alpha value is -0.0800. The first-order valence-electron chi connectivity index (χ1n) is 5.97. The first-order valence-corrected chi connectivity index (χ1v) is 5.97. The third-order valence-corrected chi connectivity index (χ3v) is 4.39. The Morgan fingerprint density at radius 3 is 2.71 bits per heavy atom. The second-order valence-electron chi connectivity index (χ2n) is 5.01. The first kappa shape index (κ1) is 10.4. The zero-order valence-electron chi connectivity index (χ0n) is 9.28. The van der Waals surface area contributed by atoms with Crippen LogP contribution in [0.5, 0.6) is 0 Å². The van der Waals surface area contributed by atoms with Gasteiger partial charge in [-0.3, -0.25) is 0 Å². The molecule has 0 saturated heterocycles. The molecule has 1 N–H and O–H groups in total. The van der Waals surface area contributed by atoms with E-state index in [1.807, 2.05) is 0 Å². The molecule has 2 nitrogen and oxygen atoms in total. The van der Waals surface area contributed by atoms with Gasteiger partial charge in [0.15, 0.2) is 0 Å². The number of hydrogen-bond donors (Lipinski definition) is 1. The molecule has 5 atom stereocenters. The maximum atomic E-state index is 10.1. The number of methoxy groups -OCH3 is 1. The Bertz CT molecular complexity index is 191. The van der Waals surface area contributed by atoms with E-state index in [0.717, 1.165) is 18.3 Å². The van der Waals surface area contributed by atoms with Crippen LogP contribution in [0.1, 0.15) is 39.0 Å². The molecule has 82 valence electrons. The predicted molar refractivity (Wildman–Crippen MR) is 56.0 cm³/mol. The fraction of sp³-hybridized carbons (Fsp3) is 1.00. The molecule has 2 saturated carbocycles. The summed E-state index contributed by atoms with van der Waals surface area (Å²) < 4.78 is 5.33. The third kappa shape index (κ3) is 1.70. The Kier molecular flexibility index (Phi) is 3.13. The van der Waals surface area contributed by atoms with Gasteiger partial charge in [0.1, 0.15) is 0 Å². The van der Waals surface area contributed by atoms with Crippen LogP contribution in [0, 0.1) is 17.8 Å². The van der Waals surface area contributed by atoms with E-state index in [0.29, 0.717) is 5.92 Å². The van der Waals surface area contributed by atoms with Crippen molar-refractivity contribution in [3.8, 4) is 0 Å². The Labute approximate surface area is 86.6 Å². The minimum absolute atomic E-state index is 0.112. The van der Waals surface area contributed by atoms with Crippen molar-refractivity contribution in [2.24, 2.45) is 17.8 Å². The minimum atomic E-state index is -0.195. The molecule has 0 aliphatic heterocycles. The number of fused-ring (bicyclic) bond motifs is 1. The number of ether oxygens (including phenoxy) is 1. The monoisotopic (exact) mass is 198 g/mol. The van der Waals surface area contributed by atoms with Crippen molar-refractivity contribution in [3.05, 3.63) is 0 Å². The summed E-state index contributed by atoms with van der Waals surface area (Å²) in [4.78, 5) is 0. The summed E-state index contributed by atoms with van der Waals surface area (Å²) >= 11 is 0. The summed E-state index contributed by atoms with van der Waals surface area (Å²) in [5.41, 5.74) is 0.